The van der Waals surface area contributed by atoms with Gasteiger partial charge in [0.25, 0.3) is 0 Å². The van der Waals surface area contributed by atoms with Crippen molar-refractivity contribution in [3.8, 4) is 17.2 Å². The molecule has 0 fully saturated rings. The second kappa shape index (κ2) is 16.7. The van der Waals surface area contributed by atoms with Crippen molar-refractivity contribution in [1.29, 1.82) is 0 Å². The first kappa shape index (κ1) is 34.4. The molecule has 8 N–H and O–H groups in total. The van der Waals surface area contributed by atoms with Crippen molar-refractivity contribution in [1.82, 2.24) is 0 Å². The van der Waals surface area contributed by atoms with Gasteiger partial charge in [0.15, 0.2) is 0 Å². The lowest BCUT2D eigenvalue weighted by atomic mass is 9.84. The molecule has 0 spiro atoms. The highest BCUT2D eigenvalue weighted by molar-refractivity contribution is 5.91. The van der Waals surface area contributed by atoms with E-state index in [-0.39, 0.29) is 32.8 Å². The number of aryl methyl sites for hydroxylation is 1. The molecule has 45 heavy (non-hydrogen) atoms. The quantitative estimate of drug-likeness (QED) is 0.0959. The van der Waals surface area contributed by atoms with Gasteiger partial charge in [0, 0.05) is 24.0 Å². The highest BCUT2D eigenvalue weighted by Crippen LogP contribution is 2.40. The van der Waals surface area contributed by atoms with Crippen LogP contribution in [0.15, 0.2) is 54.3 Å². The third kappa shape index (κ3) is 9.28. The molecule has 4 atom stereocenters. The minimum absolute atomic E-state index is 0.108. The van der Waals surface area contributed by atoms with Gasteiger partial charge >= 0.3 is 0 Å². The van der Waals surface area contributed by atoms with Crippen LogP contribution in [-0.2, 0) is 17.6 Å². The molecular weight excluding hydrogens is 588 g/mol. The maximum atomic E-state index is 10.0. The Bertz CT molecular complexity index is 1420. The summed E-state index contributed by atoms with van der Waals surface area (Å²) in [7, 11) is 0. The molecule has 12 heteroatoms. The van der Waals surface area contributed by atoms with Crippen molar-refractivity contribution in [2.24, 2.45) is 0 Å². The molecule has 0 saturated carbocycles. The van der Waals surface area contributed by atoms with Gasteiger partial charge < -0.3 is 59.8 Å². The number of rotatable bonds is 18. The number of aliphatic hydroxyl groups is 8. The van der Waals surface area contributed by atoms with Crippen molar-refractivity contribution in [3.63, 3.8) is 0 Å². The molecule has 0 heterocycles. The molecule has 0 aliphatic heterocycles. The van der Waals surface area contributed by atoms with Crippen molar-refractivity contribution in [2.45, 2.75) is 43.7 Å². The molecule has 0 amide bonds. The Balaban J connectivity index is 1.82. The predicted octanol–water partition coefficient (Wildman–Crippen LogP) is 0.306. The Morgan fingerprint density at radius 2 is 1.11 bits per heavy atom. The molecule has 246 valence electrons. The highest BCUT2D eigenvalue weighted by atomic mass is 16.5. The number of benzene rings is 3. The summed E-state index contributed by atoms with van der Waals surface area (Å²) in [4.78, 5) is 0. The zero-order valence-corrected chi connectivity index (χ0v) is 24.9. The van der Waals surface area contributed by atoms with Crippen LogP contribution in [0.25, 0.3) is 16.3 Å². The van der Waals surface area contributed by atoms with Crippen LogP contribution in [0, 0.1) is 0 Å². The van der Waals surface area contributed by atoms with Gasteiger partial charge in [0.05, 0.1) is 26.4 Å². The van der Waals surface area contributed by atoms with Crippen LogP contribution in [-0.4, -0.2) is 118 Å². The maximum absolute atomic E-state index is 10.0. The second-order valence-electron chi connectivity index (χ2n) is 10.9. The average Bonchev–Trinajstić information content (AvgIpc) is 3.07. The van der Waals surface area contributed by atoms with Crippen LogP contribution in [0.1, 0.15) is 23.1 Å². The molecule has 1 aliphatic rings. The molecule has 3 aromatic carbocycles. The van der Waals surface area contributed by atoms with Crippen LogP contribution in [0.2, 0.25) is 0 Å². The predicted molar refractivity (Wildman–Crippen MR) is 164 cm³/mol. The van der Waals surface area contributed by atoms with E-state index in [1.165, 1.54) is 0 Å². The van der Waals surface area contributed by atoms with Crippen molar-refractivity contribution < 1.29 is 59.8 Å². The first-order valence-electron chi connectivity index (χ1n) is 14.8. The number of allylic oxidation sites excluding steroid dienone is 2. The van der Waals surface area contributed by atoms with E-state index in [4.69, 9.17) is 18.9 Å². The maximum Gasteiger partial charge on any atom is 0.123 e. The topological polar surface area (TPSA) is 199 Å². The second-order valence-corrected chi connectivity index (χ2v) is 10.9. The summed E-state index contributed by atoms with van der Waals surface area (Å²) in [6.07, 6.45) is -2.88. The molecule has 1 aliphatic carbocycles. The monoisotopic (exact) mass is 630 g/mol. The third-order valence-corrected chi connectivity index (χ3v) is 7.39. The summed E-state index contributed by atoms with van der Waals surface area (Å²) in [5, 5.41) is 78.4. The van der Waals surface area contributed by atoms with Crippen LogP contribution in [0.4, 0.5) is 0 Å². The van der Waals surface area contributed by atoms with Gasteiger partial charge in [0.2, 0.25) is 0 Å². The molecule has 12 nitrogen and oxygen atoms in total. The number of fused-ring (bicyclic) bond motifs is 2. The van der Waals surface area contributed by atoms with Gasteiger partial charge in [0.1, 0.15) is 73.9 Å². The van der Waals surface area contributed by atoms with E-state index in [0.717, 1.165) is 27.5 Å². The zero-order chi connectivity index (χ0) is 32.3. The Hall–Kier alpha value is -3.46. The fraction of sp³-hybridized carbons (Fsp3) is 0.455. The molecule has 4 rings (SSSR count). The summed E-state index contributed by atoms with van der Waals surface area (Å²) in [5.41, 5.74) is 3.29. The van der Waals surface area contributed by atoms with Gasteiger partial charge in [-0.3, -0.25) is 0 Å². The van der Waals surface area contributed by atoms with Gasteiger partial charge in [-0.25, -0.2) is 0 Å². The molecule has 3 aromatic rings. The van der Waals surface area contributed by atoms with Crippen LogP contribution >= 0.6 is 0 Å². The Kier molecular flexibility index (Phi) is 12.8. The summed E-state index contributed by atoms with van der Waals surface area (Å²) in [5.74, 6) is 1.95. The standard InChI is InChI=1S/C33H42O12/c34-12-22(38)16-42-26-5-1-20-3-7-32(44-18-24(40)14-36)30(28(20)9-26)11-31-29-10-27(43-17-23(39)13-35)6-2-21(29)4-8-33(31)45-19-25(41)15-37/h1-3,5-7,9-10,22-25,34-41H,4,8,11-19H2. The largest absolute Gasteiger partial charge is 0.495 e. The Labute approximate surface area is 260 Å². The number of hydrogen-bond acceptors (Lipinski definition) is 12. The van der Waals surface area contributed by atoms with E-state index in [0.29, 0.717) is 41.4 Å². The minimum atomic E-state index is -1.11. The third-order valence-electron chi connectivity index (χ3n) is 7.39. The van der Waals surface area contributed by atoms with E-state index in [1.54, 1.807) is 24.3 Å². The zero-order valence-electron chi connectivity index (χ0n) is 24.9. The lowest BCUT2D eigenvalue weighted by Gasteiger charge is -2.26. The van der Waals surface area contributed by atoms with E-state index < -0.39 is 50.8 Å². The van der Waals surface area contributed by atoms with E-state index in [9.17, 15) is 40.9 Å². The van der Waals surface area contributed by atoms with E-state index >= 15 is 0 Å². The van der Waals surface area contributed by atoms with Crippen molar-refractivity contribution in [2.75, 3.05) is 52.9 Å². The van der Waals surface area contributed by atoms with Crippen LogP contribution < -0.4 is 14.2 Å². The Morgan fingerprint density at radius 3 is 1.73 bits per heavy atom. The number of aliphatic hydroxyl groups excluding tert-OH is 8. The lowest BCUT2D eigenvalue weighted by molar-refractivity contribution is 0.0285. The molecular formula is C33H42O12. The van der Waals surface area contributed by atoms with Gasteiger partial charge in [-0.05, 0) is 58.7 Å². The van der Waals surface area contributed by atoms with Crippen molar-refractivity contribution in [3.05, 3.63) is 71.0 Å². The van der Waals surface area contributed by atoms with Crippen molar-refractivity contribution >= 4 is 16.3 Å². The van der Waals surface area contributed by atoms with Crippen LogP contribution in [0.3, 0.4) is 0 Å². The molecule has 4 unspecified atom stereocenters. The van der Waals surface area contributed by atoms with Gasteiger partial charge in [-0.1, -0.05) is 18.2 Å². The summed E-state index contributed by atoms with van der Waals surface area (Å²) in [6.45, 7) is -2.36. The first-order valence-corrected chi connectivity index (χ1v) is 14.8. The number of ether oxygens (including phenoxy) is 4. The molecule has 0 radical (unpaired) electrons. The van der Waals surface area contributed by atoms with E-state index in [1.807, 2.05) is 24.3 Å². The molecule has 0 saturated heterocycles. The number of hydrogen-bond donors (Lipinski definition) is 8. The summed E-state index contributed by atoms with van der Waals surface area (Å²) < 4.78 is 23.5. The smallest absolute Gasteiger partial charge is 0.123 e. The van der Waals surface area contributed by atoms with Gasteiger partial charge in [-0.2, -0.15) is 0 Å². The van der Waals surface area contributed by atoms with E-state index in [2.05, 4.69) is 0 Å². The fourth-order valence-electron chi connectivity index (χ4n) is 4.95. The first-order chi connectivity index (χ1) is 21.8. The molecule has 0 aromatic heterocycles. The normalized spacial score (nSPS) is 15.7. The SMILES string of the molecule is OCC(O)COC1=C(Cc2c(OCC(O)CO)ccc3ccc(OCC(O)CO)cc23)c2cc(OCC(O)CO)ccc2CC1. The highest BCUT2D eigenvalue weighted by Gasteiger charge is 2.25. The lowest BCUT2D eigenvalue weighted by Crippen LogP contribution is -2.22. The minimum Gasteiger partial charge on any atom is -0.495 e. The molecule has 0 bridgehead atoms. The Morgan fingerprint density at radius 1 is 0.578 bits per heavy atom. The van der Waals surface area contributed by atoms with Crippen LogP contribution in [0.5, 0.6) is 17.2 Å². The fourth-order valence-corrected chi connectivity index (χ4v) is 4.95. The summed E-state index contributed by atoms with van der Waals surface area (Å²) in [6, 6.07) is 14.5. The van der Waals surface area contributed by atoms with Gasteiger partial charge in [-0.15, -0.1) is 0 Å². The average molecular weight is 631 g/mol. The summed E-state index contributed by atoms with van der Waals surface area (Å²) >= 11 is 0.